The number of benzene rings is 2. The number of halogens is 3. The van der Waals surface area contributed by atoms with Gasteiger partial charge >= 0.3 is 0 Å². The molecule has 0 saturated carbocycles. The van der Waals surface area contributed by atoms with Crippen molar-refractivity contribution < 1.29 is 9.18 Å². The maximum atomic E-state index is 13.5. The highest BCUT2D eigenvalue weighted by atomic mass is 35.5. The van der Waals surface area contributed by atoms with Crippen molar-refractivity contribution in [1.82, 2.24) is 25.5 Å². The number of hydrogen-bond acceptors (Lipinski definition) is 4. The maximum absolute atomic E-state index is 13.5. The lowest BCUT2D eigenvalue weighted by Gasteiger charge is -2.18. The van der Waals surface area contributed by atoms with Crippen LogP contribution in [0.1, 0.15) is 23.0 Å². The number of carbonyl (C=O) groups is 1. The molecule has 1 atom stereocenters. The van der Waals surface area contributed by atoms with Crippen molar-refractivity contribution in [2.24, 2.45) is 0 Å². The van der Waals surface area contributed by atoms with Crippen LogP contribution in [-0.2, 0) is 17.8 Å². The van der Waals surface area contributed by atoms with Crippen LogP contribution in [0.5, 0.6) is 0 Å². The van der Waals surface area contributed by atoms with E-state index in [2.05, 4.69) is 20.8 Å². The third-order valence-corrected chi connectivity index (χ3v) is 4.63. The Morgan fingerprint density at radius 2 is 2.07 bits per heavy atom. The molecule has 140 valence electrons. The zero-order valence-electron chi connectivity index (χ0n) is 14.4. The second kappa shape index (κ2) is 8.45. The summed E-state index contributed by atoms with van der Waals surface area (Å²) in [5.41, 5.74) is 1.39. The number of carbonyl (C=O) groups excluding carboxylic acids is 1. The van der Waals surface area contributed by atoms with Crippen molar-refractivity contribution in [3.63, 3.8) is 0 Å². The molecule has 1 N–H and O–H groups in total. The lowest BCUT2D eigenvalue weighted by molar-refractivity contribution is -0.124. The van der Waals surface area contributed by atoms with Crippen LogP contribution in [0.25, 0.3) is 0 Å². The Morgan fingerprint density at radius 1 is 1.26 bits per heavy atom. The highest BCUT2D eigenvalue weighted by Crippen LogP contribution is 2.21. The molecule has 0 spiro atoms. The molecule has 1 amide bonds. The van der Waals surface area contributed by atoms with Gasteiger partial charge in [0, 0.05) is 23.0 Å². The predicted octanol–water partition coefficient (Wildman–Crippen LogP) is 3.53. The molecule has 6 nitrogen and oxygen atoms in total. The second-order valence-corrected chi connectivity index (χ2v) is 6.82. The SMILES string of the molecule is Cc1nnnn1[C@@H](Cc1cccc(F)c1)C(=O)NCc1ccc(Cl)cc1Cl. The van der Waals surface area contributed by atoms with E-state index >= 15 is 0 Å². The average molecular weight is 408 g/mol. The zero-order chi connectivity index (χ0) is 19.4. The molecule has 1 heterocycles. The minimum atomic E-state index is -0.729. The molecule has 9 heteroatoms. The first-order chi connectivity index (χ1) is 12.9. The fourth-order valence-corrected chi connectivity index (χ4v) is 3.14. The van der Waals surface area contributed by atoms with Gasteiger partial charge in [0.05, 0.1) is 0 Å². The molecular formula is C18H16Cl2FN5O. The van der Waals surface area contributed by atoms with Gasteiger partial charge in [-0.1, -0.05) is 41.4 Å². The molecule has 0 fully saturated rings. The summed E-state index contributed by atoms with van der Waals surface area (Å²) in [4.78, 5) is 12.8. The minimum Gasteiger partial charge on any atom is -0.350 e. The topological polar surface area (TPSA) is 72.7 Å². The van der Waals surface area contributed by atoms with Crippen LogP contribution >= 0.6 is 23.2 Å². The molecule has 0 saturated heterocycles. The van der Waals surface area contributed by atoms with Crippen LogP contribution in [-0.4, -0.2) is 26.1 Å². The Kier molecular flexibility index (Phi) is 6.03. The summed E-state index contributed by atoms with van der Waals surface area (Å²) in [6.07, 6.45) is 0.240. The number of nitrogens with zero attached hydrogens (tertiary/aromatic N) is 4. The van der Waals surface area contributed by atoms with Crippen molar-refractivity contribution >= 4 is 29.1 Å². The highest BCUT2D eigenvalue weighted by Gasteiger charge is 2.24. The summed E-state index contributed by atoms with van der Waals surface area (Å²) >= 11 is 12.0. The number of rotatable bonds is 6. The monoisotopic (exact) mass is 407 g/mol. The number of amides is 1. The van der Waals surface area contributed by atoms with E-state index in [-0.39, 0.29) is 24.7 Å². The van der Waals surface area contributed by atoms with Crippen LogP contribution in [0.3, 0.4) is 0 Å². The molecule has 27 heavy (non-hydrogen) atoms. The molecule has 0 bridgehead atoms. The summed E-state index contributed by atoms with van der Waals surface area (Å²) in [5, 5.41) is 15.1. The lowest BCUT2D eigenvalue weighted by Crippen LogP contribution is -2.34. The number of aromatic nitrogens is 4. The van der Waals surface area contributed by atoms with Crippen molar-refractivity contribution in [3.05, 3.63) is 75.3 Å². The Hall–Kier alpha value is -2.51. The molecule has 1 aromatic heterocycles. The smallest absolute Gasteiger partial charge is 0.245 e. The van der Waals surface area contributed by atoms with Crippen molar-refractivity contribution in [2.45, 2.75) is 25.9 Å². The number of nitrogens with one attached hydrogen (secondary N) is 1. The zero-order valence-corrected chi connectivity index (χ0v) is 15.9. The molecule has 0 aliphatic heterocycles. The summed E-state index contributed by atoms with van der Waals surface area (Å²) < 4.78 is 14.9. The van der Waals surface area contributed by atoms with Crippen LogP contribution in [0, 0.1) is 12.7 Å². The van der Waals surface area contributed by atoms with Gasteiger partial charge in [0.2, 0.25) is 5.91 Å². The van der Waals surface area contributed by atoms with Gasteiger partial charge in [-0.2, -0.15) is 0 Å². The third-order valence-electron chi connectivity index (χ3n) is 4.04. The van der Waals surface area contributed by atoms with E-state index < -0.39 is 6.04 Å². The van der Waals surface area contributed by atoms with Crippen LogP contribution < -0.4 is 5.32 Å². The minimum absolute atomic E-state index is 0.218. The normalized spacial score (nSPS) is 12.0. The van der Waals surface area contributed by atoms with Crippen LogP contribution in [0.2, 0.25) is 10.0 Å². The Balaban J connectivity index is 1.79. The van der Waals surface area contributed by atoms with Gasteiger partial charge in [-0.05, 0) is 52.7 Å². The molecule has 0 aliphatic rings. The van der Waals surface area contributed by atoms with E-state index in [9.17, 15) is 9.18 Å². The number of tetrazole rings is 1. The number of aryl methyl sites for hydroxylation is 1. The van der Waals surface area contributed by atoms with Crippen molar-refractivity contribution in [1.29, 1.82) is 0 Å². The van der Waals surface area contributed by atoms with E-state index in [1.54, 1.807) is 37.3 Å². The van der Waals surface area contributed by atoms with Gasteiger partial charge in [0.25, 0.3) is 0 Å². The average Bonchev–Trinajstić information content (AvgIpc) is 3.04. The Morgan fingerprint density at radius 3 is 2.74 bits per heavy atom. The summed E-state index contributed by atoms with van der Waals surface area (Å²) in [5.74, 6) is -0.190. The Labute approximate surface area is 165 Å². The largest absolute Gasteiger partial charge is 0.350 e. The van der Waals surface area contributed by atoms with Crippen molar-refractivity contribution in [2.75, 3.05) is 0 Å². The summed E-state index contributed by atoms with van der Waals surface area (Å²) in [7, 11) is 0. The molecule has 0 radical (unpaired) electrons. The van der Waals surface area contributed by atoms with Gasteiger partial charge < -0.3 is 5.32 Å². The van der Waals surface area contributed by atoms with E-state index in [1.165, 1.54) is 16.8 Å². The van der Waals surface area contributed by atoms with E-state index in [1.807, 2.05) is 0 Å². The predicted molar refractivity (Wildman–Crippen MR) is 100 cm³/mol. The second-order valence-electron chi connectivity index (χ2n) is 5.97. The fraction of sp³-hybridized carbons (Fsp3) is 0.222. The van der Waals surface area contributed by atoms with Gasteiger partial charge in [-0.15, -0.1) is 5.10 Å². The fourth-order valence-electron chi connectivity index (χ4n) is 2.67. The Bertz CT molecular complexity index is 962. The lowest BCUT2D eigenvalue weighted by atomic mass is 10.0. The number of hydrogen-bond donors (Lipinski definition) is 1. The first-order valence-electron chi connectivity index (χ1n) is 8.14. The van der Waals surface area contributed by atoms with E-state index in [4.69, 9.17) is 23.2 Å². The molecule has 0 unspecified atom stereocenters. The van der Waals surface area contributed by atoms with Gasteiger partial charge in [-0.25, -0.2) is 9.07 Å². The summed E-state index contributed by atoms with van der Waals surface area (Å²) in [6.45, 7) is 1.91. The van der Waals surface area contributed by atoms with Crippen molar-refractivity contribution in [3.8, 4) is 0 Å². The van der Waals surface area contributed by atoms with Gasteiger partial charge in [-0.3, -0.25) is 4.79 Å². The van der Waals surface area contributed by atoms with E-state index in [0.717, 1.165) is 5.56 Å². The molecule has 0 aliphatic carbocycles. The molecular weight excluding hydrogens is 392 g/mol. The first-order valence-corrected chi connectivity index (χ1v) is 8.90. The molecule has 3 rings (SSSR count). The van der Waals surface area contributed by atoms with Gasteiger partial charge in [0.15, 0.2) is 0 Å². The van der Waals surface area contributed by atoms with Crippen LogP contribution in [0.15, 0.2) is 42.5 Å². The molecule has 3 aromatic rings. The third kappa shape index (κ3) is 4.81. The maximum Gasteiger partial charge on any atom is 0.245 e. The highest BCUT2D eigenvalue weighted by molar-refractivity contribution is 6.35. The standard InChI is InChI=1S/C18H16Cl2FN5O/c1-11-23-24-25-26(11)17(8-12-3-2-4-15(21)7-12)18(27)22-10-13-5-6-14(19)9-16(13)20/h2-7,9,17H,8,10H2,1H3,(H,22,27)/t17-/m0/s1. The van der Waals surface area contributed by atoms with E-state index in [0.29, 0.717) is 21.4 Å². The first kappa shape index (κ1) is 19.3. The van der Waals surface area contributed by atoms with Crippen LogP contribution in [0.4, 0.5) is 4.39 Å². The molecule has 2 aromatic carbocycles. The summed E-state index contributed by atoms with van der Waals surface area (Å²) in [6, 6.07) is 10.4. The quantitative estimate of drug-likeness (QED) is 0.678. The van der Waals surface area contributed by atoms with Gasteiger partial charge in [0.1, 0.15) is 17.7 Å².